The predicted molar refractivity (Wildman–Crippen MR) is 78.8 cm³/mol. The minimum Gasteiger partial charge on any atom is -0.337 e. The average molecular weight is 282 g/mol. The maximum atomic E-state index is 4.41. The first kappa shape index (κ1) is 12.5. The fourth-order valence-electron chi connectivity index (χ4n) is 3.15. The number of hydrogen-bond acceptors (Lipinski definition) is 4. The molecular weight excluding hydrogens is 264 g/mol. The monoisotopic (exact) mass is 282 g/mol. The molecule has 4 rings (SSSR count). The Morgan fingerprint density at radius 2 is 2.00 bits per heavy atom. The molecule has 0 bridgehead atoms. The summed E-state index contributed by atoms with van der Waals surface area (Å²) in [7, 11) is 2.05. The van der Waals surface area contributed by atoms with Gasteiger partial charge in [0.15, 0.2) is 0 Å². The van der Waals surface area contributed by atoms with E-state index in [2.05, 4.69) is 34.9 Å². The highest BCUT2D eigenvalue weighted by atomic mass is 15.2. The Morgan fingerprint density at radius 3 is 2.86 bits per heavy atom. The minimum atomic E-state index is 0.532. The van der Waals surface area contributed by atoms with Crippen LogP contribution in [-0.4, -0.2) is 41.9 Å². The number of hydrogen-bond donors (Lipinski definition) is 0. The van der Waals surface area contributed by atoms with Gasteiger partial charge in [-0.2, -0.15) is 0 Å². The molecule has 21 heavy (non-hydrogen) atoms. The quantitative estimate of drug-likeness (QED) is 0.729. The van der Waals surface area contributed by atoms with Crippen LogP contribution in [-0.2, 0) is 13.6 Å². The highest BCUT2D eigenvalue weighted by Crippen LogP contribution is 2.27. The van der Waals surface area contributed by atoms with Gasteiger partial charge in [-0.1, -0.05) is 0 Å². The lowest BCUT2D eigenvalue weighted by molar-refractivity contribution is 0.314. The molecule has 0 N–H and O–H groups in total. The van der Waals surface area contributed by atoms with E-state index in [1.54, 1.807) is 0 Å². The van der Waals surface area contributed by atoms with Gasteiger partial charge < -0.3 is 4.57 Å². The summed E-state index contributed by atoms with van der Waals surface area (Å²) in [5, 5.41) is 0. The van der Waals surface area contributed by atoms with Gasteiger partial charge in [0.2, 0.25) is 5.78 Å². The molecule has 6 heteroatoms. The Labute approximate surface area is 123 Å². The molecule has 1 saturated heterocycles. The summed E-state index contributed by atoms with van der Waals surface area (Å²) in [4.78, 5) is 15.4. The summed E-state index contributed by atoms with van der Waals surface area (Å²) >= 11 is 0. The van der Waals surface area contributed by atoms with Crippen LogP contribution in [0.2, 0.25) is 0 Å². The van der Waals surface area contributed by atoms with E-state index < -0.39 is 0 Å². The summed E-state index contributed by atoms with van der Waals surface area (Å²) in [5.41, 5.74) is 1.31. The van der Waals surface area contributed by atoms with Crippen molar-refractivity contribution in [2.75, 3.05) is 13.1 Å². The zero-order valence-electron chi connectivity index (χ0n) is 12.1. The van der Waals surface area contributed by atoms with E-state index in [0.29, 0.717) is 5.92 Å². The first-order chi connectivity index (χ1) is 10.3. The van der Waals surface area contributed by atoms with Crippen LogP contribution in [0.1, 0.15) is 23.9 Å². The molecule has 1 unspecified atom stereocenters. The highest BCUT2D eigenvalue weighted by Gasteiger charge is 2.26. The van der Waals surface area contributed by atoms with Crippen molar-refractivity contribution in [3.63, 3.8) is 0 Å². The van der Waals surface area contributed by atoms with Crippen LogP contribution in [0.15, 0.2) is 37.1 Å². The lowest BCUT2D eigenvalue weighted by atomic mass is 10.0. The molecule has 0 aromatic carbocycles. The molecule has 0 saturated carbocycles. The first-order valence-corrected chi connectivity index (χ1v) is 7.28. The van der Waals surface area contributed by atoms with Crippen LogP contribution in [0.4, 0.5) is 0 Å². The standard InChI is InChI=1S/C15H18N6/c1-19-8-5-16-14(19)11-20-7-3-12(10-20)13-2-4-17-15-18-6-9-21(13)15/h2,4-6,8-9,12H,3,7,10-11H2,1H3. The van der Waals surface area contributed by atoms with E-state index in [4.69, 9.17) is 0 Å². The molecule has 0 radical (unpaired) electrons. The Kier molecular flexibility index (Phi) is 2.96. The van der Waals surface area contributed by atoms with Crippen LogP contribution in [0, 0.1) is 0 Å². The SMILES string of the molecule is Cn1ccnc1CN1CCC(c2ccnc3nccn23)C1. The molecule has 1 fully saturated rings. The summed E-state index contributed by atoms with van der Waals surface area (Å²) in [6.45, 7) is 3.08. The van der Waals surface area contributed by atoms with Gasteiger partial charge >= 0.3 is 0 Å². The summed E-state index contributed by atoms with van der Waals surface area (Å²) in [6.07, 6.45) is 10.7. The molecule has 108 valence electrons. The zero-order valence-corrected chi connectivity index (χ0v) is 12.1. The number of nitrogens with zero attached hydrogens (tertiary/aromatic N) is 6. The lowest BCUT2D eigenvalue weighted by Crippen LogP contribution is -2.22. The first-order valence-electron chi connectivity index (χ1n) is 7.28. The number of rotatable bonds is 3. The van der Waals surface area contributed by atoms with Crippen molar-refractivity contribution in [1.82, 2.24) is 28.8 Å². The second kappa shape index (κ2) is 4.96. The Bertz CT molecular complexity index is 758. The highest BCUT2D eigenvalue weighted by molar-refractivity contribution is 5.31. The number of aromatic nitrogens is 5. The topological polar surface area (TPSA) is 51.2 Å². The van der Waals surface area contributed by atoms with Gasteiger partial charge in [0.25, 0.3) is 0 Å². The fraction of sp³-hybridized carbons (Fsp3) is 0.400. The largest absolute Gasteiger partial charge is 0.337 e. The van der Waals surface area contributed by atoms with Crippen molar-refractivity contribution in [1.29, 1.82) is 0 Å². The summed E-state index contributed by atoms with van der Waals surface area (Å²) < 4.78 is 4.20. The number of fused-ring (bicyclic) bond motifs is 1. The number of aryl methyl sites for hydroxylation is 1. The molecule has 3 aromatic heterocycles. The van der Waals surface area contributed by atoms with Gasteiger partial charge in [0.05, 0.1) is 6.54 Å². The van der Waals surface area contributed by atoms with E-state index >= 15 is 0 Å². The van der Waals surface area contributed by atoms with Gasteiger partial charge in [-0.25, -0.2) is 15.0 Å². The van der Waals surface area contributed by atoms with Crippen LogP contribution >= 0.6 is 0 Å². The average Bonchev–Trinajstić information content (AvgIpc) is 3.21. The molecule has 1 aliphatic heterocycles. The molecular formula is C15H18N6. The molecule has 0 amide bonds. The smallest absolute Gasteiger partial charge is 0.233 e. The van der Waals surface area contributed by atoms with E-state index in [1.165, 1.54) is 12.1 Å². The van der Waals surface area contributed by atoms with Gasteiger partial charge in [-0.15, -0.1) is 0 Å². The molecule has 1 aliphatic rings. The molecule has 0 spiro atoms. The fourth-order valence-corrected chi connectivity index (χ4v) is 3.15. The van der Waals surface area contributed by atoms with E-state index in [0.717, 1.165) is 31.2 Å². The van der Waals surface area contributed by atoms with Crippen molar-refractivity contribution in [2.24, 2.45) is 7.05 Å². The van der Waals surface area contributed by atoms with Gasteiger partial charge in [0.1, 0.15) is 5.82 Å². The van der Waals surface area contributed by atoms with Crippen molar-refractivity contribution >= 4 is 5.78 Å². The van der Waals surface area contributed by atoms with E-state index in [9.17, 15) is 0 Å². The van der Waals surface area contributed by atoms with Crippen LogP contribution in [0.25, 0.3) is 5.78 Å². The minimum absolute atomic E-state index is 0.532. The third kappa shape index (κ3) is 2.21. The van der Waals surface area contributed by atoms with Crippen LogP contribution < -0.4 is 0 Å². The van der Waals surface area contributed by atoms with Crippen LogP contribution in [0.5, 0.6) is 0 Å². The van der Waals surface area contributed by atoms with Crippen LogP contribution in [0.3, 0.4) is 0 Å². The lowest BCUT2D eigenvalue weighted by Gasteiger charge is -2.16. The Morgan fingerprint density at radius 1 is 1.14 bits per heavy atom. The molecule has 3 aromatic rings. The normalized spacial score (nSPS) is 19.6. The Balaban J connectivity index is 1.54. The van der Waals surface area contributed by atoms with Crippen molar-refractivity contribution in [3.8, 4) is 0 Å². The van der Waals surface area contributed by atoms with E-state index in [-0.39, 0.29) is 0 Å². The molecule has 4 heterocycles. The van der Waals surface area contributed by atoms with Gasteiger partial charge in [-0.05, 0) is 19.0 Å². The van der Waals surface area contributed by atoms with E-state index in [1.807, 2.05) is 38.0 Å². The second-order valence-electron chi connectivity index (χ2n) is 5.64. The van der Waals surface area contributed by atoms with Crippen molar-refractivity contribution < 1.29 is 0 Å². The third-order valence-corrected chi connectivity index (χ3v) is 4.31. The Hall–Kier alpha value is -2.21. The van der Waals surface area contributed by atoms with Gasteiger partial charge in [0, 0.05) is 56.2 Å². The molecule has 1 atom stereocenters. The predicted octanol–water partition coefficient (Wildman–Crippen LogP) is 1.45. The van der Waals surface area contributed by atoms with Crippen molar-refractivity contribution in [2.45, 2.75) is 18.9 Å². The number of likely N-dealkylation sites (tertiary alicyclic amines) is 1. The summed E-state index contributed by atoms with van der Waals surface area (Å²) in [5.74, 6) is 2.44. The summed E-state index contributed by atoms with van der Waals surface area (Å²) in [6, 6.07) is 2.11. The third-order valence-electron chi connectivity index (χ3n) is 4.31. The molecule has 0 aliphatic carbocycles. The second-order valence-corrected chi connectivity index (χ2v) is 5.64. The maximum Gasteiger partial charge on any atom is 0.233 e. The number of imidazole rings is 2. The maximum absolute atomic E-state index is 4.41. The molecule has 6 nitrogen and oxygen atoms in total. The van der Waals surface area contributed by atoms with Crippen molar-refractivity contribution in [3.05, 3.63) is 48.6 Å². The zero-order chi connectivity index (χ0) is 14.2. The van der Waals surface area contributed by atoms with Gasteiger partial charge in [-0.3, -0.25) is 9.30 Å².